The molecule has 1 aliphatic heterocycles. The maximum atomic E-state index is 5.98. The summed E-state index contributed by atoms with van der Waals surface area (Å²) in [5.74, 6) is 1.23. The van der Waals surface area contributed by atoms with Gasteiger partial charge >= 0.3 is 0 Å². The molecular formula is C15H16Cl2N4O. The number of hydrogen-bond donors (Lipinski definition) is 2. The minimum atomic E-state index is 0.262. The van der Waals surface area contributed by atoms with E-state index in [4.69, 9.17) is 27.9 Å². The second-order valence-corrected chi connectivity index (χ2v) is 5.94. The molecule has 2 aromatic rings. The highest BCUT2D eigenvalue weighted by molar-refractivity contribution is 6.35. The van der Waals surface area contributed by atoms with Crippen LogP contribution in [0.3, 0.4) is 0 Å². The fraction of sp³-hybridized carbons (Fsp3) is 0.333. The number of ether oxygens (including phenoxy) is 1. The van der Waals surface area contributed by atoms with Gasteiger partial charge in [-0.15, -0.1) is 0 Å². The molecule has 1 aromatic heterocycles. The molecule has 3 rings (SSSR count). The van der Waals surface area contributed by atoms with Crippen LogP contribution in [0.25, 0.3) is 0 Å². The maximum absolute atomic E-state index is 5.98. The third kappa shape index (κ3) is 4.22. The van der Waals surface area contributed by atoms with E-state index >= 15 is 0 Å². The highest BCUT2D eigenvalue weighted by Gasteiger charge is 2.15. The van der Waals surface area contributed by atoms with Gasteiger partial charge < -0.3 is 15.4 Å². The van der Waals surface area contributed by atoms with E-state index in [1.807, 2.05) is 6.07 Å². The molecule has 2 heterocycles. The summed E-state index contributed by atoms with van der Waals surface area (Å²) < 4.78 is 5.58. The zero-order valence-corrected chi connectivity index (χ0v) is 13.4. The summed E-state index contributed by atoms with van der Waals surface area (Å²) in [6.07, 6.45) is 4.17. The molecule has 1 aliphatic rings. The van der Waals surface area contributed by atoms with Crippen molar-refractivity contribution in [2.45, 2.75) is 18.9 Å². The van der Waals surface area contributed by atoms with Crippen LogP contribution in [0, 0.1) is 0 Å². The molecule has 0 bridgehead atoms. The smallest absolute Gasteiger partial charge is 0.229 e. The van der Waals surface area contributed by atoms with Crippen molar-refractivity contribution in [1.82, 2.24) is 9.97 Å². The molecule has 0 aliphatic carbocycles. The first-order chi connectivity index (χ1) is 10.7. The van der Waals surface area contributed by atoms with E-state index in [1.54, 1.807) is 24.4 Å². The first kappa shape index (κ1) is 15.3. The minimum Gasteiger partial charge on any atom is -0.376 e. The lowest BCUT2D eigenvalue weighted by molar-refractivity contribution is 0.120. The number of anilines is 3. The number of rotatable bonds is 5. The lowest BCUT2D eigenvalue weighted by Crippen LogP contribution is -2.19. The summed E-state index contributed by atoms with van der Waals surface area (Å²) in [7, 11) is 0. The normalized spacial score (nSPS) is 17.5. The third-order valence-corrected chi connectivity index (χ3v) is 3.75. The Hall–Kier alpha value is -1.56. The van der Waals surface area contributed by atoms with Gasteiger partial charge in [-0.25, -0.2) is 4.98 Å². The van der Waals surface area contributed by atoms with Crippen LogP contribution in [0.4, 0.5) is 17.5 Å². The molecule has 22 heavy (non-hydrogen) atoms. The molecule has 1 fully saturated rings. The first-order valence-corrected chi connectivity index (χ1v) is 7.86. The summed E-state index contributed by atoms with van der Waals surface area (Å²) in [5, 5.41) is 7.47. The van der Waals surface area contributed by atoms with Crippen LogP contribution in [0.5, 0.6) is 0 Å². The average molecular weight is 339 g/mol. The van der Waals surface area contributed by atoms with Gasteiger partial charge in [0.2, 0.25) is 5.95 Å². The average Bonchev–Trinajstić information content (AvgIpc) is 2.98. The zero-order chi connectivity index (χ0) is 15.4. The first-order valence-electron chi connectivity index (χ1n) is 7.11. The van der Waals surface area contributed by atoms with Crippen molar-refractivity contribution in [3.8, 4) is 0 Å². The summed E-state index contributed by atoms with van der Waals surface area (Å²) in [6, 6.07) is 7.03. The second kappa shape index (κ2) is 7.13. The van der Waals surface area contributed by atoms with Gasteiger partial charge in [0.25, 0.3) is 0 Å². The van der Waals surface area contributed by atoms with Crippen LogP contribution >= 0.6 is 23.2 Å². The van der Waals surface area contributed by atoms with E-state index in [2.05, 4.69) is 20.6 Å². The van der Waals surface area contributed by atoms with Crippen molar-refractivity contribution < 1.29 is 4.74 Å². The predicted octanol–water partition coefficient (Wildman–Crippen LogP) is 4.12. The van der Waals surface area contributed by atoms with Gasteiger partial charge in [0, 0.05) is 35.1 Å². The fourth-order valence-electron chi connectivity index (χ4n) is 2.30. The van der Waals surface area contributed by atoms with E-state index < -0.39 is 0 Å². The van der Waals surface area contributed by atoms with Crippen LogP contribution in [0.1, 0.15) is 12.8 Å². The van der Waals surface area contributed by atoms with E-state index in [0.717, 1.165) is 37.5 Å². The molecule has 1 unspecified atom stereocenters. The van der Waals surface area contributed by atoms with Crippen LogP contribution in [0.15, 0.2) is 30.5 Å². The van der Waals surface area contributed by atoms with Crippen molar-refractivity contribution in [3.63, 3.8) is 0 Å². The van der Waals surface area contributed by atoms with Crippen LogP contribution in [-0.2, 0) is 4.74 Å². The molecule has 0 saturated carbocycles. The van der Waals surface area contributed by atoms with E-state index in [9.17, 15) is 0 Å². The monoisotopic (exact) mass is 338 g/mol. The molecule has 0 radical (unpaired) electrons. The number of hydrogen-bond acceptors (Lipinski definition) is 5. The van der Waals surface area contributed by atoms with Crippen molar-refractivity contribution >= 4 is 40.7 Å². The van der Waals surface area contributed by atoms with Gasteiger partial charge in [-0.05, 0) is 37.1 Å². The van der Waals surface area contributed by atoms with Crippen molar-refractivity contribution in [3.05, 3.63) is 40.5 Å². The Kier molecular flexibility index (Phi) is 4.97. The van der Waals surface area contributed by atoms with Gasteiger partial charge in [-0.1, -0.05) is 23.2 Å². The van der Waals surface area contributed by atoms with Crippen molar-refractivity contribution in [2.75, 3.05) is 23.8 Å². The topological polar surface area (TPSA) is 59.1 Å². The Bertz CT molecular complexity index is 627. The number of benzene rings is 1. The van der Waals surface area contributed by atoms with Crippen LogP contribution in [-0.4, -0.2) is 29.2 Å². The van der Waals surface area contributed by atoms with Gasteiger partial charge in [-0.2, -0.15) is 4.98 Å². The van der Waals surface area contributed by atoms with Crippen molar-refractivity contribution in [2.24, 2.45) is 0 Å². The van der Waals surface area contributed by atoms with E-state index in [-0.39, 0.29) is 6.10 Å². The highest BCUT2D eigenvalue weighted by Crippen LogP contribution is 2.24. The molecule has 1 saturated heterocycles. The summed E-state index contributed by atoms with van der Waals surface area (Å²) in [4.78, 5) is 8.61. The molecule has 7 heteroatoms. The largest absolute Gasteiger partial charge is 0.376 e. The Balaban J connectivity index is 1.65. The van der Waals surface area contributed by atoms with Crippen LogP contribution in [0.2, 0.25) is 10.0 Å². The molecule has 5 nitrogen and oxygen atoms in total. The maximum Gasteiger partial charge on any atom is 0.229 e. The summed E-state index contributed by atoms with van der Waals surface area (Å²) >= 11 is 12.0. The summed E-state index contributed by atoms with van der Waals surface area (Å²) in [5.41, 5.74) is 0.744. The minimum absolute atomic E-state index is 0.262. The van der Waals surface area contributed by atoms with Crippen LogP contribution < -0.4 is 10.6 Å². The van der Waals surface area contributed by atoms with Gasteiger partial charge in [0.15, 0.2) is 0 Å². The standard InChI is InChI=1S/C15H16Cl2N4O/c16-10-6-11(17)8-12(7-10)20-15-18-4-3-14(21-15)19-9-13-2-1-5-22-13/h3-4,6-8,13H,1-2,5,9H2,(H2,18,19,20,21). The number of halogens is 2. The molecule has 2 N–H and O–H groups in total. The Morgan fingerprint density at radius 1 is 1.23 bits per heavy atom. The Morgan fingerprint density at radius 3 is 2.77 bits per heavy atom. The molecule has 116 valence electrons. The zero-order valence-electron chi connectivity index (χ0n) is 11.9. The number of aromatic nitrogens is 2. The third-order valence-electron chi connectivity index (χ3n) is 3.31. The van der Waals surface area contributed by atoms with Gasteiger partial charge in [0.1, 0.15) is 5.82 Å². The van der Waals surface area contributed by atoms with Gasteiger partial charge in [0.05, 0.1) is 6.10 Å². The Labute approximate surface area is 139 Å². The summed E-state index contributed by atoms with van der Waals surface area (Å²) in [6.45, 7) is 1.60. The quantitative estimate of drug-likeness (QED) is 0.858. The highest BCUT2D eigenvalue weighted by atomic mass is 35.5. The number of nitrogens with one attached hydrogen (secondary N) is 2. The van der Waals surface area contributed by atoms with Crippen molar-refractivity contribution in [1.29, 1.82) is 0 Å². The SMILES string of the molecule is Clc1cc(Cl)cc(Nc2nccc(NCC3CCCO3)n2)c1. The molecule has 1 atom stereocenters. The second-order valence-electron chi connectivity index (χ2n) is 5.06. The fourth-order valence-corrected chi connectivity index (χ4v) is 2.82. The van der Waals surface area contributed by atoms with Gasteiger partial charge in [-0.3, -0.25) is 0 Å². The lowest BCUT2D eigenvalue weighted by Gasteiger charge is -2.12. The lowest BCUT2D eigenvalue weighted by atomic mass is 10.2. The molecular weight excluding hydrogens is 323 g/mol. The predicted molar refractivity (Wildman–Crippen MR) is 89.2 cm³/mol. The molecule has 0 amide bonds. The number of nitrogens with zero attached hydrogens (tertiary/aromatic N) is 2. The van der Waals surface area contributed by atoms with E-state index in [1.165, 1.54) is 0 Å². The van der Waals surface area contributed by atoms with E-state index in [0.29, 0.717) is 16.0 Å². The molecule has 0 spiro atoms. The Morgan fingerprint density at radius 2 is 2.05 bits per heavy atom. The molecule has 1 aromatic carbocycles.